The van der Waals surface area contributed by atoms with Gasteiger partial charge in [-0.05, 0) is 63.9 Å². The first-order valence-corrected chi connectivity index (χ1v) is 9.43. The average Bonchev–Trinajstić information content (AvgIpc) is 2.56. The Morgan fingerprint density at radius 3 is 1.86 bits per heavy atom. The Kier molecular flexibility index (Phi) is 6.84. The molecule has 0 heterocycles. The topological polar surface area (TPSA) is 89.0 Å². The maximum atomic E-state index is 12.1. The summed E-state index contributed by atoms with van der Waals surface area (Å²) in [6.45, 7) is 10.8. The third-order valence-corrected chi connectivity index (χ3v) is 3.47. The van der Waals surface area contributed by atoms with Crippen LogP contribution in [0.4, 0.5) is 9.59 Å². The molecule has 156 valence electrons. The number of hydrogen-bond acceptors (Lipinski definition) is 5. The number of hydrogen-bond donors (Lipinski definition) is 2. The second-order valence-electron chi connectivity index (χ2n) is 8.60. The van der Waals surface area contributed by atoms with Crippen molar-refractivity contribution in [2.45, 2.75) is 59.3 Å². The molecule has 0 spiro atoms. The van der Waals surface area contributed by atoms with Crippen LogP contribution in [0, 0.1) is 0 Å². The van der Waals surface area contributed by atoms with Crippen molar-refractivity contribution in [2.75, 3.05) is 0 Å². The van der Waals surface area contributed by atoms with E-state index >= 15 is 0 Å². The lowest BCUT2D eigenvalue weighted by molar-refractivity contribution is 0.0545. The van der Waals surface area contributed by atoms with E-state index in [0.717, 1.165) is 16.3 Å². The van der Waals surface area contributed by atoms with Crippen LogP contribution in [0.15, 0.2) is 47.5 Å². The quantitative estimate of drug-likeness (QED) is 0.564. The smallest absolute Gasteiger partial charge is 0.414 e. The predicted molar refractivity (Wildman–Crippen MR) is 114 cm³/mol. The van der Waals surface area contributed by atoms with Gasteiger partial charge in [0.1, 0.15) is 11.2 Å². The maximum Gasteiger partial charge on any atom is 0.414 e. The summed E-state index contributed by atoms with van der Waals surface area (Å²) in [5, 5.41) is 7.16. The van der Waals surface area contributed by atoms with Crippen LogP contribution in [0.3, 0.4) is 0 Å². The van der Waals surface area contributed by atoms with Gasteiger partial charge >= 0.3 is 12.2 Å². The predicted octanol–water partition coefficient (Wildman–Crippen LogP) is 4.75. The molecule has 0 unspecified atom stereocenters. The highest BCUT2D eigenvalue weighted by Gasteiger charge is 2.21. The van der Waals surface area contributed by atoms with Crippen molar-refractivity contribution in [2.24, 2.45) is 4.99 Å². The first-order chi connectivity index (χ1) is 13.4. The Morgan fingerprint density at radius 2 is 1.34 bits per heavy atom. The van der Waals surface area contributed by atoms with E-state index in [1.807, 2.05) is 42.5 Å². The number of amides is 2. The van der Waals surface area contributed by atoms with Gasteiger partial charge in [0.05, 0.1) is 6.54 Å². The summed E-state index contributed by atoms with van der Waals surface area (Å²) < 4.78 is 10.5. The summed E-state index contributed by atoms with van der Waals surface area (Å²) in [5.74, 6) is -0.0401. The fraction of sp³-hybridized carbons (Fsp3) is 0.409. The fourth-order valence-electron chi connectivity index (χ4n) is 2.42. The van der Waals surface area contributed by atoms with Crippen LogP contribution in [0.5, 0.6) is 0 Å². The van der Waals surface area contributed by atoms with Crippen LogP contribution in [0.25, 0.3) is 10.8 Å². The van der Waals surface area contributed by atoms with Crippen molar-refractivity contribution in [3.05, 3.63) is 48.0 Å². The normalized spacial score (nSPS) is 11.5. The first kappa shape index (κ1) is 22.2. The molecule has 0 aliphatic carbocycles. The molecule has 7 nitrogen and oxygen atoms in total. The molecule has 0 aromatic heterocycles. The summed E-state index contributed by atoms with van der Waals surface area (Å²) in [5.41, 5.74) is -0.433. The first-order valence-electron chi connectivity index (χ1n) is 9.43. The molecular weight excluding hydrogens is 370 g/mol. The molecule has 0 fully saturated rings. The molecule has 2 aromatic carbocycles. The van der Waals surface area contributed by atoms with E-state index in [0.29, 0.717) is 0 Å². The number of rotatable bonds is 2. The Labute approximate surface area is 171 Å². The molecule has 2 N–H and O–H groups in total. The second-order valence-corrected chi connectivity index (χ2v) is 8.60. The Balaban J connectivity index is 2.17. The molecule has 7 heteroatoms. The van der Waals surface area contributed by atoms with Crippen molar-refractivity contribution in [1.29, 1.82) is 0 Å². The highest BCUT2D eigenvalue weighted by Crippen LogP contribution is 2.16. The number of nitrogens with zero attached hydrogens (tertiary/aromatic N) is 1. The van der Waals surface area contributed by atoms with Crippen molar-refractivity contribution >= 4 is 28.9 Å². The van der Waals surface area contributed by atoms with Gasteiger partial charge in [-0.25, -0.2) is 14.6 Å². The van der Waals surface area contributed by atoms with Crippen LogP contribution < -0.4 is 10.6 Å². The Morgan fingerprint density at radius 1 is 0.828 bits per heavy atom. The average molecular weight is 399 g/mol. The van der Waals surface area contributed by atoms with Gasteiger partial charge in [0, 0.05) is 0 Å². The zero-order chi connectivity index (χ0) is 21.7. The molecule has 0 saturated carbocycles. The third kappa shape index (κ3) is 8.21. The Bertz CT molecular complexity index is 876. The zero-order valence-corrected chi connectivity index (χ0v) is 17.8. The molecule has 0 atom stereocenters. The van der Waals surface area contributed by atoms with Crippen LogP contribution in [0.2, 0.25) is 0 Å². The van der Waals surface area contributed by atoms with Gasteiger partial charge in [0.25, 0.3) is 0 Å². The molecule has 0 aliphatic heterocycles. The van der Waals surface area contributed by atoms with Crippen molar-refractivity contribution < 1.29 is 19.1 Å². The summed E-state index contributed by atoms with van der Waals surface area (Å²) in [4.78, 5) is 28.6. The highest BCUT2D eigenvalue weighted by molar-refractivity contribution is 6.01. The number of aliphatic imine (C=N–C) groups is 1. The standard InChI is InChI=1S/C22H29N3O4/c1-21(2,3)28-19(26)24-18(25-20(27)29-22(4,5)6)23-14-15-11-12-16-9-7-8-10-17(16)13-15/h7-13H,14H2,1-6H3,(H2,23,24,25,26,27). The van der Waals surface area contributed by atoms with Gasteiger partial charge in [0.2, 0.25) is 5.96 Å². The number of guanidine groups is 1. The number of benzene rings is 2. The fourth-order valence-corrected chi connectivity index (χ4v) is 2.42. The molecule has 0 bridgehead atoms. The number of nitrogens with one attached hydrogen (secondary N) is 2. The second kappa shape index (κ2) is 8.94. The summed E-state index contributed by atoms with van der Waals surface area (Å²) >= 11 is 0. The SMILES string of the molecule is CC(C)(C)OC(=O)NC(=NCc1ccc2ccccc2c1)NC(=O)OC(C)(C)C. The lowest BCUT2D eigenvalue weighted by Gasteiger charge is -2.22. The monoisotopic (exact) mass is 399 g/mol. The molecule has 0 aliphatic rings. The number of alkyl carbamates (subject to hydrolysis) is 2. The summed E-state index contributed by atoms with van der Waals surface area (Å²) in [7, 11) is 0. The van der Waals surface area contributed by atoms with E-state index in [1.54, 1.807) is 41.5 Å². The zero-order valence-electron chi connectivity index (χ0n) is 17.8. The highest BCUT2D eigenvalue weighted by atomic mass is 16.6. The third-order valence-electron chi connectivity index (χ3n) is 3.47. The lowest BCUT2D eigenvalue weighted by atomic mass is 10.1. The van der Waals surface area contributed by atoms with Crippen molar-refractivity contribution in [1.82, 2.24) is 10.6 Å². The summed E-state index contributed by atoms with van der Waals surface area (Å²) in [6.07, 6.45) is -1.43. The number of fused-ring (bicyclic) bond motifs is 1. The van der Waals surface area contributed by atoms with E-state index < -0.39 is 23.4 Å². The van der Waals surface area contributed by atoms with Crippen LogP contribution >= 0.6 is 0 Å². The van der Waals surface area contributed by atoms with Gasteiger partial charge in [-0.1, -0.05) is 36.4 Å². The lowest BCUT2D eigenvalue weighted by Crippen LogP contribution is -2.47. The largest absolute Gasteiger partial charge is 0.444 e. The van der Waals surface area contributed by atoms with Gasteiger partial charge < -0.3 is 9.47 Å². The van der Waals surface area contributed by atoms with Gasteiger partial charge in [0.15, 0.2) is 0 Å². The molecule has 2 rings (SSSR count). The van der Waals surface area contributed by atoms with Crippen LogP contribution in [-0.4, -0.2) is 29.3 Å². The maximum absolute atomic E-state index is 12.1. The van der Waals surface area contributed by atoms with E-state index in [4.69, 9.17) is 9.47 Å². The minimum Gasteiger partial charge on any atom is -0.444 e. The number of ether oxygens (including phenoxy) is 2. The molecule has 0 saturated heterocycles. The van der Waals surface area contributed by atoms with Crippen molar-refractivity contribution in [3.63, 3.8) is 0 Å². The van der Waals surface area contributed by atoms with Crippen LogP contribution in [0.1, 0.15) is 47.1 Å². The number of carbonyl (C=O) groups excluding carboxylic acids is 2. The minimum atomic E-state index is -0.717. The molecule has 0 radical (unpaired) electrons. The number of carbonyl (C=O) groups is 2. The van der Waals surface area contributed by atoms with E-state index in [2.05, 4.69) is 15.6 Å². The van der Waals surface area contributed by atoms with E-state index in [-0.39, 0.29) is 12.5 Å². The van der Waals surface area contributed by atoms with Gasteiger partial charge in [-0.3, -0.25) is 10.6 Å². The molecule has 29 heavy (non-hydrogen) atoms. The molecule has 2 aromatic rings. The van der Waals surface area contributed by atoms with Crippen molar-refractivity contribution in [3.8, 4) is 0 Å². The van der Waals surface area contributed by atoms with E-state index in [9.17, 15) is 9.59 Å². The van der Waals surface area contributed by atoms with Gasteiger partial charge in [-0.15, -0.1) is 0 Å². The van der Waals surface area contributed by atoms with Crippen LogP contribution in [-0.2, 0) is 16.0 Å². The van der Waals surface area contributed by atoms with E-state index in [1.165, 1.54) is 0 Å². The summed E-state index contributed by atoms with van der Waals surface area (Å²) in [6, 6.07) is 14.0. The molecular formula is C22H29N3O4. The van der Waals surface area contributed by atoms with Gasteiger partial charge in [-0.2, -0.15) is 0 Å². The molecule has 2 amide bonds. The Hall–Kier alpha value is -3.09. The minimum absolute atomic E-state index is 0.0401.